The lowest BCUT2D eigenvalue weighted by Crippen LogP contribution is -2.43. The van der Waals surface area contributed by atoms with Gasteiger partial charge in [-0.05, 0) is 43.1 Å². The molecule has 0 spiro atoms. The molecule has 0 fully saturated rings. The number of fused-ring (bicyclic) bond motifs is 2. The van der Waals surface area contributed by atoms with E-state index in [-0.39, 0.29) is 12.5 Å². The molecule has 1 heterocycles. The van der Waals surface area contributed by atoms with Crippen LogP contribution < -0.4 is 5.32 Å². The number of carbonyl (C=O) groups excluding carboxylic acids is 2. The lowest BCUT2D eigenvalue weighted by Gasteiger charge is -2.29. The van der Waals surface area contributed by atoms with Crippen molar-refractivity contribution in [2.24, 2.45) is 0 Å². The summed E-state index contributed by atoms with van der Waals surface area (Å²) in [6.45, 7) is 0.791. The van der Waals surface area contributed by atoms with E-state index in [0.717, 1.165) is 10.8 Å². The number of benzene rings is 3. The molecular formula is C21H19N3O4. The summed E-state index contributed by atoms with van der Waals surface area (Å²) in [4.78, 5) is 40.8. The van der Waals surface area contributed by atoms with Crippen LogP contribution in [0.5, 0.6) is 0 Å². The Morgan fingerprint density at radius 2 is 1.71 bits per heavy atom. The van der Waals surface area contributed by atoms with Gasteiger partial charge < -0.3 is 10.0 Å². The fourth-order valence-corrected chi connectivity index (χ4v) is 3.72. The van der Waals surface area contributed by atoms with Crippen LogP contribution in [0.1, 0.15) is 20.7 Å². The molecule has 1 aliphatic heterocycles. The van der Waals surface area contributed by atoms with Gasteiger partial charge in [-0.25, -0.2) is 4.79 Å². The molecule has 142 valence electrons. The van der Waals surface area contributed by atoms with Crippen LogP contribution in [0, 0.1) is 0 Å². The van der Waals surface area contributed by atoms with Gasteiger partial charge in [-0.15, -0.1) is 0 Å². The summed E-state index contributed by atoms with van der Waals surface area (Å²) in [5.41, 5.74) is 1.15. The Morgan fingerprint density at radius 3 is 2.39 bits per heavy atom. The summed E-state index contributed by atoms with van der Waals surface area (Å²) in [6, 6.07) is 12.4. The standard InChI is InChI=1S/C21H19N3O4/c1-23(2)9-10-24-19(25)14-7-3-5-12-11-13-6-4-8-15(22-21(27)28)17(13)18(16(12)14)20(24)26/h3-8,11,22H,9-10H2,1-2H3,(H,27,28). The van der Waals surface area contributed by atoms with Gasteiger partial charge in [0, 0.05) is 29.4 Å². The van der Waals surface area contributed by atoms with Gasteiger partial charge >= 0.3 is 6.09 Å². The van der Waals surface area contributed by atoms with E-state index in [2.05, 4.69) is 5.32 Å². The van der Waals surface area contributed by atoms with Crippen molar-refractivity contribution in [1.82, 2.24) is 9.80 Å². The first kappa shape index (κ1) is 17.9. The maximum Gasteiger partial charge on any atom is 0.409 e. The van der Waals surface area contributed by atoms with Crippen molar-refractivity contribution < 1.29 is 19.5 Å². The molecular weight excluding hydrogens is 358 g/mol. The Bertz CT molecular complexity index is 1150. The third kappa shape index (κ3) is 2.76. The van der Waals surface area contributed by atoms with E-state index in [1.807, 2.05) is 37.2 Å². The molecule has 0 unspecified atom stereocenters. The fourth-order valence-electron chi connectivity index (χ4n) is 3.72. The number of rotatable bonds is 4. The van der Waals surface area contributed by atoms with Crippen molar-refractivity contribution in [3.63, 3.8) is 0 Å². The van der Waals surface area contributed by atoms with Crippen molar-refractivity contribution >= 4 is 45.1 Å². The summed E-state index contributed by atoms with van der Waals surface area (Å²) >= 11 is 0. The van der Waals surface area contributed by atoms with Gasteiger partial charge in [0.2, 0.25) is 0 Å². The van der Waals surface area contributed by atoms with Crippen LogP contribution in [-0.2, 0) is 0 Å². The molecule has 0 aromatic heterocycles. The maximum absolute atomic E-state index is 13.4. The quantitative estimate of drug-likeness (QED) is 0.538. The first-order chi connectivity index (χ1) is 13.4. The van der Waals surface area contributed by atoms with Crippen molar-refractivity contribution in [2.75, 3.05) is 32.5 Å². The molecule has 3 aromatic carbocycles. The Balaban J connectivity index is 2.05. The lowest BCUT2D eigenvalue weighted by molar-refractivity contribution is 0.0602. The van der Waals surface area contributed by atoms with Crippen molar-refractivity contribution in [2.45, 2.75) is 0 Å². The third-order valence-electron chi connectivity index (χ3n) is 4.95. The summed E-state index contributed by atoms with van der Waals surface area (Å²) in [6.07, 6.45) is -1.21. The molecule has 0 saturated carbocycles. The van der Waals surface area contributed by atoms with E-state index in [1.54, 1.807) is 24.3 Å². The van der Waals surface area contributed by atoms with Gasteiger partial charge in [-0.1, -0.05) is 24.3 Å². The van der Waals surface area contributed by atoms with Gasteiger partial charge in [-0.3, -0.25) is 19.8 Å². The van der Waals surface area contributed by atoms with Crippen LogP contribution >= 0.6 is 0 Å². The molecule has 0 bridgehead atoms. The number of nitrogens with zero attached hydrogens (tertiary/aromatic N) is 2. The zero-order chi connectivity index (χ0) is 20.0. The largest absolute Gasteiger partial charge is 0.465 e. The number of anilines is 1. The molecule has 3 aromatic rings. The summed E-state index contributed by atoms with van der Waals surface area (Å²) in [5, 5.41) is 14.2. The second-order valence-electron chi connectivity index (χ2n) is 7.05. The van der Waals surface area contributed by atoms with Crippen molar-refractivity contribution in [3.8, 4) is 0 Å². The number of likely N-dealkylation sites (N-methyl/N-ethyl adjacent to an activating group) is 1. The number of hydrogen-bond donors (Lipinski definition) is 2. The Hall–Kier alpha value is -3.45. The molecule has 0 aliphatic carbocycles. The van der Waals surface area contributed by atoms with E-state index in [1.165, 1.54) is 4.90 Å². The minimum Gasteiger partial charge on any atom is -0.465 e. The first-order valence-corrected chi connectivity index (χ1v) is 8.88. The van der Waals surface area contributed by atoms with Crippen LogP contribution in [0.2, 0.25) is 0 Å². The highest BCUT2D eigenvalue weighted by Gasteiger charge is 2.34. The van der Waals surface area contributed by atoms with Gasteiger partial charge in [0.15, 0.2) is 0 Å². The molecule has 28 heavy (non-hydrogen) atoms. The number of hydrogen-bond acceptors (Lipinski definition) is 4. The van der Waals surface area contributed by atoms with Crippen molar-refractivity contribution in [3.05, 3.63) is 53.6 Å². The zero-order valence-electron chi connectivity index (χ0n) is 15.5. The lowest BCUT2D eigenvalue weighted by atomic mass is 9.89. The summed E-state index contributed by atoms with van der Waals surface area (Å²) in [7, 11) is 3.75. The average Bonchev–Trinajstić information content (AvgIpc) is 2.64. The van der Waals surface area contributed by atoms with E-state index >= 15 is 0 Å². The van der Waals surface area contributed by atoms with Gasteiger partial charge in [0.05, 0.1) is 11.3 Å². The van der Waals surface area contributed by atoms with E-state index in [0.29, 0.717) is 34.1 Å². The molecule has 0 saturated heterocycles. The fraction of sp³-hybridized carbons (Fsp3) is 0.190. The number of amides is 3. The van der Waals surface area contributed by atoms with Crippen LogP contribution in [-0.4, -0.2) is 60.0 Å². The minimum atomic E-state index is -1.21. The zero-order valence-corrected chi connectivity index (χ0v) is 15.5. The minimum absolute atomic E-state index is 0.255. The molecule has 4 rings (SSSR count). The molecule has 3 amide bonds. The number of imide groups is 1. The highest BCUT2D eigenvalue weighted by molar-refractivity contribution is 6.32. The van der Waals surface area contributed by atoms with Crippen LogP contribution in [0.15, 0.2) is 42.5 Å². The van der Waals surface area contributed by atoms with Gasteiger partial charge in [0.25, 0.3) is 11.8 Å². The van der Waals surface area contributed by atoms with Crippen LogP contribution in [0.3, 0.4) is 0 Å². The van der Waals surface area contributed by atoms with Gasteiger partial charge in [-0.2, -0.15) is 0 Å². The predicted octanol–water partition coefficient (Wildman–Crippen LogP) is 3.24. The first-order valence-electron chi connectivity index (χ1n) is 8.88. The number of carboxylic acid groups (broad SMARTS) is 1. The summed E-state index contributed by atoms with van der Waals surface area (Å²) in [5.74, 6) is -0.728. The Morgan fingerprint density at radius 1 is 1.04 bits per heavy atom. The monoisotopic (exact) mass is 377 g/mol. The molecule has 7 heteroatoms. The van der Waals surface area contributed by atoms with Crippen LogP contribution in [0.25, 0.3) is 21.5 Å². The average molecular weight is 377 g/mol. The summed E-state index contributed by atoms with van der Waals surface area (Å²) < 4.78 is 0. The Labute approximate surface area is 161 Å². The molecule has 2 N–H and O–H groups in total. The molecule has 0 atom stereocenters. The van der Waals surface area contributed by atoms with E-state index in [9.17, 15) is 19.5 Å². The normalized spacial score (nSPS) is 13.6. The number of carbonyl (C=O) groups is 3. The van der Waals surface area contributed by atoms with E-state index < -0.39 is 12.0 Å². The molecule has 1 aliphatic rings. The second kappa shape index (κ2) is 6.61. The van der Waals surface area contributed by atoms with Crippen molar-refractivity contribution in [1.29, 1.82) is 0 Å². The SMILES string of the molecule is CN(C)CCN1C(=O)c2cccc3cc4cccc(NC(=O)O)c4c(c23)C1=O. The smallest absolute Gasteiger partial charge is 0.409 e. The van der Waals surface area contributed by atoms with E-state index in [4.69, 9.17) is 0 Å². The van der Waals surface area contributed by atoms with Crippen LogP contribution in [0.4, 0.5) is 10.5 Å². The molecule has 7 nitrogen and oxygen atoms in total. The maximum atomic E-state index is 13.4. The third-order valence-corrected chi connectivity index (χ3v) is 4.95. The highest BCUT2D eigenvalue weighted by Crippen LogP contribution is 2.38. The highest BCUT2D eigenvalue weighted by atomic mass is 16.4. The second-order valence-corrected chi connectivity index (χ2v) is 7.05. The topological polar surface area (TPSA) is 89.9 Å². The number of nitrogens with one attached hydrogen (secondary N) is 1. The Kier molecular flexibility index (Phi) is 4.24. The van der Waals surface area contributed by atoms with Gasteiger partial charge in [0.1, 0.15) is 0 Å². The molecule has 0 radical (unpaired) electrons. The predicted molar refractivity (Wildman–Crippen MR) is 107 cm³/mol.